The van der Waals surface area contributed by atoms with Gasteiger partial charge in [-0.3, -0.25) is 24.2 Å². The summed E-state index contributed by atoms with van der Waals surface area (Å²) >= 11 is 5.59. The minimum atomic E-state index is -1.46. The third kappa shape index (κ3) is 17.2. The number of aliphatic carboxylic acids is 3. The maximum atomic E-state index is 11.9. The predicted octanol–water partition coefficient (Wildman–Crippen LogP) is -5.77. The first-order chi connectivity index (χ1) is 12.6. The molecule has 0 saturated heterocycles. The molecule has 0 atom stereocenters. The first-order valence-corrected chi connectivity index (χ1v) is 8.65. The molecule has 0 aromatic carbocycles. The number of nitrogens with zero attached hydrogens (tertiary/aromatic N) is 3. The molecule has 0 unspecified atom stereocenters. The van der Waals surface area contributed by atoms with Gasteiger partial charge in [-0.05, 0) is 7.05 Å². The fourth-order valence-electron chi connectivity index (χ4n) is 2.08. The Kier molecular flexibility index (Phi) is 17.7. The van der Waals surface area contributed by atoms with Gasteiger partial charge in [-0.15, -0.1) is 11.6 Å². The van der Waals surface area contributed by atoms with Gasteiger partial charge < -0.3 is 29.8 Å². The van der Waals surface area contributed by atoms with E-state index in [1.54, 1.807) is 7.05 Å². The van der Waals surface area contributed by atoms with Crippen LogP contribution in [0.15, 0.2) is 0 Å². The van der Waals surface area contributed by atoms with E-state index in [1.165, 1.54) is 4.90 Å². The van der Waals surface area contributed by atoms with E-state index in [-0.39, 0.29) is 55.8 Å². The number of halogens is 1. The molecule has 0 fully saturated rings. The second-order valence-corrected chi connectivity index (χ2v) is 6.17. The standard InChI is InChI=1S/C15H26ClN3O8.Na/c1-17(3-2-16)6-7-27-15(26)11-19(10-14(24)25)5-4-18(8-12(20)21)9-13(22)23;/h2-11H2,1H3,(H,20,21)(H,22,23)(H,24,25);/q;+1/p-1. The molecule has 13 heteroatoms. The van der Waals surface area contributed by atoms with Crippen molar-refractivity contribution in [3.05, 3.63) is 0 Å². The molecule has 0 aliphatic carbocycles. The SMILES string of the molecule is CN(CCCl)CCOC(=O)CN(CCN(CC(=O)[O-])CC(=O)O)CC(=O)O.[Na+]. The van der Waals surface area contributed by atoms with Crippen molar-refractivity contribution in [3.63, 3.8) is 0 Å². The summed E-state index contributed by atoms with van der Waals surface area (Å²) in [7, 11) is 1.81. The first kappa shape index (κ1) is 29.3. The predicted molar refractivity (Wildman–Crippen MR) is 92.3 cm³/mol. The summed E-state index contributed by atoms with van der Waals surface area (Å²) in [5.41, 5.74) is 0. The van der Waals surface area contributed by atoms with E-state index in [0.29, 0.717) is 19.0 Å². The molecule has 156 valence electrons. The number of carboxylic acids is 3. The Morgan fingerprint density at radius 3 is 1.82 bits per heavy atom. The second-order valence-electron chi connectivity index (χ2n) is 5.79. The van der Waals surface area contributed by atoms with Gasteiger partial charge in [0.25, 0.3) is 0 Å². The molecule has 0 rings (SSSR count). The van der Waals surface area contributed by atoms with Gasteiger partial charge in [0.15, 0.2) is 0 Å². The van der Waals surface area contributed by atoms with Crippen LogP contribution < -0.4 is 34.7 Å². The normalized spacial score (nSPS) is 10.8. The van der Waals surface area contributed by atoms with Crippen LogP contribution in [-0.2, 0) is 23.9 Å². The fourth-order valence-corrected chi connectivity index (χ4v) is 2.36. The van der Waals surface area contributed by atoms with Crippen LogP contribution in [0.25, 0.3) is 0 Å². The zero-order valence-electron chi connectivity index (χ0n) is 16.1. The number of alkyl halides is 1. The van der Waals surface area contributed by atoms with Crippen molar-refractivity contribution in [2.75, 3.05) is 71.9 Å². The third-order valence-corrected chi connectivity index (χ3v) is 3.53. The molecule has 0 saturated carbocycles. The van der Waals surface area contributed by atoms with Crippen LogP contribution in [0.1, 0.15) is 0 Å². The number of likely N-dealkylation sites (N-methyl/N-ethyl adjacent to an activating group) is 1. The number of carboxylic acid groups (broad SMARTS) is 3. The number of esters is 1. The number of ether oxygens (including phenoxy) is 1. The van der Waals surface area contributed by atoms with E-state index in [1.807, 2.05) is 4.90 Å². The second kappa shape index (κ2) is 17.0. The molecule has 0 radical (unpaired) electrons. The molecular formula is C15H25ClN3NaO8. The smallest absolute Gasteiger partial charge is 0.549 e. The molecular weight excluding hydrogens is 409 g/mol. The van der Waals surface area contributed by atoms with Crippen LogP contribution in [0.4, 0.5) is 0 Å². The average molecular weight is 434 g/mol. The monoisotopic (exact) mass is 433 g/mol. The van der Waals surface area contributed by atoms with E-state index < -0.39 is 43.5 Å². The van der Waals surface area contributed by atoms with Gasteiger partial charge in [0, 0.05) is 38.6 Å². The molecule has 2 N–H and O–H groups in total. The van der Waals surface area contributed by atoms with Crippen LogP contribution in [-0.4, -0.2) is 121 Å². The zero-order valence-corrected chi connectivity index (χ0v) is 18.9. The van der Waals surface area contributed by atoms with Crippen molar-refractivity contribution >= 4 is 35.5 Å². The van der Waals surface area contributed by atoms with Crippen molar-refractivity contribution < 1.29 is 68.8 Å². The van der Waals surface area contributed by atoms with Gasteiger partial charge in [0.1, 0.15) is 6.61 Å². The molecule has 11 nitrogen and oxygen atoms in total. The molecule has 0 spiro atoms. The van der Waals surface area contributed by atoms with Gasteiger partial charge in [-0.1, -0.05) is 0 Å². The number of hydrogen-bond acceptors (Lipinski definition) is 9. The van der Waals surface area contributed by atoms with Crippen molar-refractivity contribution in [1.29, 1.82) is 0 Å². The Morgan fingerprint density at radius 2 is 1.39 bits per heavy atom. The maximum Gasteiger partial charge on any atom is 1.00 e. The van der Waals surface area contributed by atoms with Gasteiger partial charge in [-0.25, -0.2) is 0 Å². The molecule has 0 aliphatic heterocycles. The zero-order chi connectivity index (χ0) is 20.8. The van der Waals surface area contributed by atoms with E-state index in [9.17, 15) is 24.3 Å². The van der Waals surface area contributed by atoms with Crippen LogP contribution in [0, 0.1) is 0 Å². The minimum Gasteiger partial charge on any atom is -0.549 e. The van der Waals surface area contributed by atoms with Crippen molar-refractivity contribution in [2.24, 2.45) is 0 Å². The average Bonchev–Trinajstić information content (AvgIpc) is 2.51. The largest absolute Gasteiger partial charge is 1.00 e. The van der Waals surface area contributed by atoms with Crippen LogP contribution >= 0.6 is 11.6 Å². The Hall–Kier alpha value is -0.950. The molecule has 0 aromatic rings. The molecule has 0 amide bonds. The summed E-state index contributed by atoms with van der Waals surface area (Å²) in [4.78, 5) is 48.4. The minimum absolute atomic E-state index is 0. The Bertz CT molecular complexity index is 496. The fraction of sp³-hybridized carbons (Fsp3) is 0.733. The molecule has 0 aromatic heterocycles. The van der Waals surface area contributed by atoms with E-state index in [2.05, 4.69) is 0 Å². The maximum absolute atomic E-state index is 11.9. The van der Waals surface area contributed by atoms with Gasteiger partial charge in [-0.2, -0.15) is 0 Å². The van der Waals surface area contributed by atoms with Crippen LogP contribution in [0.5, 0.6) is 0 Å². The first-order valence-electron chi connectivity index (χ1n) is 8.12. The number of carbonyl (C=O) groups is 4. The summed E-state index contributed by atoms with van der Waals surface area (Å²) in [6, 6.07) is 0. The number of carbonyl (C=O) groups excluding carboxylic acids is 2. The van der Waals surface area contributed by atoms with Crippen LogP contribution in [0.3, 0.4) is 0 Å². The van der Waals surface area contributed by atoms with E-state index in [4.69, 9.17) is 26.6 Å². The topological polar surface area (TPSA) is 151 Å². The van der Waals surface area contributed by atoms with Crippen molar-refractivity contribution in [3.8, 4) is 0 Å². The van der Waals surface area contributed by atoms with E-state index >= 15 is 0 Å². The Balaban J connectivity index is 0. The molecule has 28 heavy (non-hydrogen) atoms. The van der Waals surface area contributed by atoms with Gasteiger partial charge in [0.05, 0.1) is 25.6 Å². The summed E-state index contributed by atoms with van der Waals surface area (Å²) in [5.74, 6) is -4.08. The van der Waals surface area contributed by atoms with Crippen molar-refractivity contribution in [1.82, 2.24) is 14.7 Å². The summed E-state index contributed by atoms with van der Waals surface area (Å²) in [6.45, 7) is -0.865. The summed E-state index contributed by atoms with van der Waals surface area (Å²) in [5, 5.41) is 28.4. The van der Waals surface area contributed by atoms with Crippen LogP contribution in [0.2, 0.25) is 0 Å². The quantitative estimate of drug-likeness (QED) is 0.136. The molecule has 0 heterocycles. The van der Waals surface area contributed by atoms with Gasteiger partial charge >= 0.3 is 47.5 Å². The van der Waals surface area contributed by atoms with Gasteiger partial charge in [0.2, 0.25) is 0 Å². The number of rotatable bonds is 16. The Labute approximate surface area is 190 Å². The molecule has 0 aliphatic rings. The van der Waals surface area contributed by atoms with Crippen molar-refractivity contribution in [2.45, 2.75) is 0 Å². The summed E-state index contributed by atoms with van der Waals surface area (Å²) in [6.07, 6.45) is 0. The third-order valence-electron chi connectivity index (χ3n) is 3.36. The number of hydrogen-bond donors (Lipinski definition) is 2. The molecule has 0 bridgehead atoms. The Morgan fingerprint density at radius 1 is 0.893 bits per heavy atom. The summed E-state index contributed by atoms with van der Waals surface area (Å²) < 4.78 is 5.04. The van der Waals surface area contributed by atoms with E-state index in [0.717, 1.165) is 4.90 Å².